The highest BCUT2D eigenvalue weighted by Gasteiger charge is 2.27. The molecule has 0 aliphatic heterocycles. The van der Waals surface area contributed by atoms with Crippen molar-refractivity contribution in [3.05, 3.63) is 45.8 Å². The van der Waals surface area contributed by atoms with Crippen LogP contribution in [-0.2, 0) is 22.7 Å². The van der Waals surface area contributed by atoms with E-state index in [0.29, 0.717) is 22.0 Å². The Morgan fingerprint density at radius 1 is 1.26 bits per heavy atom. The average Bonchev–Trinajstić information content (AvgIpc) is 2.98. The summed E-state index contributed by atoms with van der Waals surface area (Å²) in [5.74, 6) is -0.403. The molecule has 2 amide bonds. The third kappa shape index (κ3) is 3.91. The number of fused-ring (bicyclic) bond motifs is 1. The van der Waals surface area contributed by atoms with E-state index < -0.39 is 21.7 Å². The summed E-state index contributed by atoms with van der Waals surface area (Å²) in [5.41, 5.74) is 7.24. The fourth-order valence-corrected chi connectivity index (χ4v) is 5.55. The predicted octanol–water partition coefficient (Wildman–Crippen LogP) is 3.02. The van der Waals surface area contributed by atoms with Gasteiger partial charge < -0.3 is 11.1 Å². The third-order valence-electron chi connectivity index (χ3n) is 4.84. The lowest BCUT2D eigenvalue weighted by Gasteiger charge is -2.18. The minimum Gasteiger partial charge on any atom is -0.365 e. The van der Waals surface area contributed by atoms with Gasteiger partial charge in [-0.1, -0.05) is 13.8 Å². The van der Waals surface area contributed by atoms with Crippen LogP contribution in [0.2, 0.25) is 0 Å². The molecule has 0 saturated carbocycles. The maximum Gasteiger partial charge on any atom is 0.256 e. The minimum atomic E-state index is -3.32. The summed E-state index contributed by atoms with van der Waals surface area (Å²) in [5, 5.41) is 3.25. The van der Waals surface area contributed by atoms with E-state index in [1.807, 2.05) is 0 Å². The summed E-state index contributed by atoms with van der Waals surface area (Å²) in [6.45, 7) is 3.73. The van der Waals surface area contributed by atoms with Crippen LogP contribution in [0, 0.1) is 5.92 Å². The Hall–Kier alpha value is -2.19. The zero-order valence-electron chi connectivity index (χ0n) is 15.2. The lowest BCUT2D eigenvalue weighted by Crippen LogP contribution is -2.19. The lowest BCUT2D eigenvalue weighted by molar-refractivity contribution is 0.1000. The molecular weight excluding hydrogens is 384 g/mol. The highest BCUT2D eigenvalue weighted by Crippen LogP contribution is 2.39. The molecule has 0 saturated heterocycles. The van der Waals surface area contributed by atoms with Gasteiger partial charge in [0.25, 0.3) is 11.8 Å². The van der Waals surface area contributed by atoms with Gasteiger partial charge in [-0.25, -0.2) is 8.42 Å². The number of primary amides is 1. The van der Waals surface area contributed by atoms with Gasteiger partial charge in [-0.3, -0.25) is 9.59 Å². The molecule has 1 aromatic carbocycles. The first kappa shape index (κ1) is 19.6. The molecule has 1 atom stereocenters. The number of hydrogen-bond donors (Lipinski definition) is 2. The number of sulfone groups is 1. The number of nitrogens with two attached hydrogens (primary N) is 1. The average molecular weight is 407 g/mol. The molecule has 1 aliphatic carbocycles. The molecule has 1 unspecified atom stereocenters. The van der Waals surface area contributed by atoms with Crippen LogP contribution in [0.4, 0.5) is 5.00 Å². The second-order valence-corrected chi connectivity index (χ2v) is 10.2. The Balaban J connectivity index is 1.87. The Morgan fingerprint density at radius 3 is 2.52 bits per heavy atom. The van der Waals surface area contributed by atoms with Crippen LogP contribution in [-0.4, -0.2) is 26.0 Å². The van der Waals surface area contributed by atoms with E-state index in [4.69, 9.17) is 5.73 Å². The third-order valence-corrected chi connectivity index (χ3v) is 7.76. The molecule has 6 nitrogen and oxygen atoms in total. The Labute approximate surface area is 162 Å². The number of nitrogens with one attached hydrogen (secondary N) is 1. The van der Waals surface area contributed by atoms with Crippen molar-refractivity contribution in [2.75, 3.05) is 11.1 Å². The van der Waals surface area contributed by atoms with Crippen LogP contribution in [0.25, 0.3) is 0 Å². The molecule has 0 spiro atoms. The van der Waals surface area contributed by atoms with Crippen LogP contribution in [0.15, 0.2) is 29.2 Å². The molecule has 1 heterocycles. The first-order chi connectivity index (χ1) is 12.7. The normalized spacial score (nSPS) is 16.6. The molecule has 0 bridgehead atoms. The molecule has 27 heavy (non-hydrogen) atoms. The summed E-state index contributed by atoms with van der Waals surface area (Å²) >= 11 is 1.40. The number of carbonyl (C=O) groups excluding carboxylic acids is 2. The van der Waals surface area contributed by atoms with E-state index in [-0.39, 0.29) is 10.6 Å². The van der Waals surface area contributed by atoms with Gasteiger partial charge in [0.2, 0.25) is 0 Å². The molecule has 3 rings (SSSR count). The largest absolute Gasteiger partial charge is 0.365 e. The molecule has 8 heteroatoms. The zero-order valence-corrected chi connectivity index (χ0v) is 16.9. The Kier molecular flexibility index (Phi) is 5.39. The van der Waals surface area contributed by atoms with Crippen molar-refractivity contribution in [1.82, 2.24) is 0 Å². The molecule has 0 fully saturated rings. The van der Waals surface area contributed by atoms with Crippen molar-refractivity contribution in [3.63, 3.8) is 0 Å². The van der Waals surface area contributed by atoms with E-state index in [0.717, 1.165) is 29.7 Å². The van der Waals surface area contributed by atoms with Crippen molar-refractivity contribution < 1.29 is 18.0 Å². The highest BCUT2D eigenvalue weighted by atomic mass is 32.2. The Morgan fingerprint density at radius 2 is 1.93 bits per heavy atom. The molecule has 144 valence electrons. The smallest absolute Gasteiger partial charge is 0.256 e. The van der Waals surface area contributed by atoms with Gasteiger partial charge in [0.15, 0.2) is 9.84 Å². The second-order valence-electron chi connectivity index (χ2n) is 6.80. The summed E-state index contributed by atoms with van der Waals surface area (Å²) in [6.07, 6.45) is 2.65. The highest BCUT2D eigenvalue weighted by molar-refractivity contribution is 7.91. The van der Waals surface area contributed by atoms with Gasteiger partial charge in [0.1, 0.15) is 5.00 Å². The first-order valence-corrected chi connectivity index (χ1v) is 11.3. The van der Waals surface area contributed by atoms with E-state index in [1.165, 1.54) is 35.6 Å². The standard InChI is InChI=1S/C19H22N2O4S2/c1-3-27(24,25)13-7-5-12(6-8-13)18(23)21-19-16(17(20)22)14-9-4-11(2)10-15(14)26-19/h5-8,11H,3-4,9-10H2,1-2H3,(H2,20,22)(H,21,23). The fraction of sp³-hybridized carbons (Fsp3) is 0.368. The van der Waals surface area contributed by atoms with Crippen LogP contribution in [0.3, 0.4) is 0 Å². The van der Waals surface area contributed by atoms with Crippen LogP contribution >= 0.6 is 11.3 Å². The summed E-state index contributed by atoms with van der Waals surface area (Å²) in [7, 11) is -3.32. The van der Waals surface area contributed by atoms with E-state index >= 15 is 0 Å². The maximum absolute atomic E-state index is 12.6. The molecule has 1 aliphatic rings. The topological polar surface area (TPSA) is 106 Å². The van der Waals surface area contributed by atoms with Crippen LogP contribution in [0.1, 0.15) is 51.4 Å². The molecule has 0 radical (unpaired) electrons. The van der Waals surface area contributed by atoms with Crippen molar-refractivity contribution in [2.24, 2.45) is 11.7 Å². The van der Waals surface area contributed by atoms with Crippen LogP contribution < -0.4 is 11.1 Å². The SMILES string of the molecule is CCS(=O)(=O)c1ccc(C(=O)Nc2sc3c(c2C(N)=O)CCC(C)C3)cc1. The van der Waals surface area contributed by atoms with E-state index in [1.54, 1.807) is 6.92 Å². The van der Waals surface area contributed by atoms with Crippen molar-refractivity contribution in [2.45, 2.75) is 38.0 Å². The van der Waals surface area contributed by atoms with Gasteiger partial charge in [0.05, 0.1) is 16.2 Å². The number of benzene rings is 1. The lowest BCUT2D eigenvalue weighted by atomic mass is 9.88. The van der Waals surface area contributed by atoms with Crippen LogP contribution in [0.5, 0.6) is 0 Å². The van der Waals surface area contributed by atoms with Gasteiger partial charge in [-0.15, -0.1) is 11.3 Å². The Bertz CT molecular complexity index is 991. The monoisotopic (exact) mass is 406 g/mol. The number of hydrogen-bond acceptors (Lipinski definition) is 5. The number of rotatable bonds is 5. The van der Waals surface area contributed by atoms with Gasteiger partial charge in [-0.2, -0.15) is 0 Å². The molecular formula is C19H22N2O4S2. The zero-order chi connectivity index (χ0) is 19.8. The molecule has 3 N–H and O–H groups in total. The van der Waals surface area contributed by atoms with Gasteiger partial charge >= 0.3 is 0 Å². The van der Waals surface area contributed by atoms with E-state index in [2.05, 4.69) is 12.2 Å². The summed E-state index contributed by atoms with van der Waals surface area (Å²) in [4.78, 5) is 25.8. The number of carbonyl (C=O) groups is 2. The fourth-order valence-electron chi connectivity index (χ4n) is 3.26. The second kappa shape index (κ2) is 7.44. The minimum absolute atomic E-state index is 0.000311. The number of thiophene rings is 1. The maximum atomic E-state index is 12.6. The van der Waals surface area contributed by atoms with Gasteiger partial charge in [0, 0.05) is 10.4 Å². The summed E-state index contributed by atoms with van der Waals surface area (Å²) in [6, 6.07) is 5.78. The van der Waals surface area contributed by atoms with Crippen molar-refractivity contribution >= 4 is 38.0 Å². The van der Waals surface area contributed by atoms with Gasteiger partial charge in [-0.05, 0) is 55.0 Å². The molecule has 2 aromatic rings. The summed E-state index contributed by atoms with van der Waals surface area (Å²) < 4.78 is 23.8. The van der Waals surface area contributed by atoms with Crippen molar-refractivity contribution in [1.29, 1.82) is 0 Å². The van der Waals surface area contributed by atoms with E-state index in [9.17, 15) is 18.0 Å². The van der Waals surface area contributed by atoms with Crippen molar-refractivity contribution in [3.8, 4) is 0 Å². The number of anilines is 1. The quantitative estimate of drug-likeness (QED) is 0.796. The number of amides is 2. The first-order valence-electron chi connectivity index (χ1n) is 8.81. The molecule has 1 aromatic heterocycles. The predicted molar refractivity (Wildman–Crippen MR) is 106 cm³/mol.